The Hall–Kier alpha value is -3.72. The fourth-order valence-corrected chi connectivity index (χ4v) is 3.51. The molecule has 0 aliphatic heterocycles. The Morgan fingerprint density at radius 1 is 0.967 bits per heavy atom. The Bertz CT molecular complexity index is 1070. The molecule has 0 fully saturated rings. The number of ether oxygens (including phenoxy) is 2. The van der Waals surface area contributed by atoms with E-state index < -0.39 is 18.0 Å². The van der Waals surface area contributed by atoms with Crippen LogP contribution in [0.25, 0.3) is 11.3 Å². The van der Waals surface area contributed by atoms with Crippen molar-refractivity contribution in [2.75, 3.05) is 24.4 Å². The molecule has 2 amide bonds. The molecular weight excluding hydrogens is 406 g/mol. The van der Waals surface area contributed by atoms with Gasteiger partial charge in [0.25, 0.3) is 5.91 Å². The number of methoxy groups -OCH3 is 1. The lowest BCUT2D eigenvalue weighted by Crippen LogP contribution is -2.17. The first kappa shape index (κ1) is 21.0. The third-order valence-electron chi connectivity index (χ3n) is 3.96. The van der Waals surface area contributed by atoms with Crippen LogP contribution in [0.3, 0.4) is 0 Å². The predicted molar refractivity (Wildman–Crippen MR) is 114 cm³/mol. The molecule has 154 valence electrons. The quantitative estimate of drug-likeness (QED) is 0.566. The number of thiazole rings is 1. The minimum Gasteiger partial charge on any atom is -0.465 e. The summed E-state index contributed by atoms with van der Waals surface area (Å²) in [7, 11) is 1.25. The Morgan fingerprint density at radius 2 is 1.63 bits per heavy atom. The molecule has 0 atom stereocenters. The fourth-order valence-electron chi connectivity index (χ4n) is 2.64. The van der Waals surface area contributed by atoms with Crippen LogP contribution in [0.4, 0.5) is 14.9 Å². The van der Waals surface area contributed by atoms with Crippen molar-refractivity contribution < 1.29 is 23.9 Å². The first-order chi connectivity index (χ1) is 14.5. The van der Waals surface area contributed by atoms with E-state index in [0.29, 0.717) is 10.7 Å². The van der Waals surface area contributed by atoms with Crippen LogP contribution in [0.5, 0.6) is 0 Å². The molecule has 1 aromatic heterocycles. The van der Waals surface area contributed by atoms with Crippen molar-refractivity contribution in [3.63, 3.8) is 0 Å². The fraction of sp³-hybridized carbons (Fsp3) is 0.143. The number of nitrogens with zero attached hydrogens (tertiary/aromatic N) is 1. The van der Waals surface area contributed by atoms with Gasteiger partial charge in [-0.2, -0.15) is 0 Å². The van der Waals surface area contributed by atoms with Gasteiger partial charge in [-0.1, -0.05) is 53.8 Å². The molecule has 8 nitrogen and oxygen atoms in total. The van der Waals surface area contributed by atoms with Gasteiger partial charge in [0.05, 0.1) is 24.8 Å². The highest BCUT2D eigenvalue weighted by atomic mass is 32.1. The van der Waals surface area contributed by atoms with E-state index in [2.05, 4.69) is 15.6 Å². The van der Waals surface area contributed by atoms with E-state index in [1.54, 1.807) is 19.1 Å². The average Bonchev–Trinajstić information content (AvgIpc) is 3.15. The van der Waals surface area contributed by atoms with Crippen molar-refractivity contribution in [3.8, 4) is 11.3 Å². The zero-order valence-corrected chi connectivity index (χ0v) is 17.1. The van der Waals surface area contributed by atoms with Crippen molar-refractivity contribution in [1.29, 1.82) is 0 Å². The van der Waals surface area contributed by atoms with E-state index in [9.17, 15) is 14.4 Å². The first-order valence-electron chi connectivity index (χ1n) is 9.02. The summed E-state index contributed by atoms with van der Waals surface area (Å²) in [5.41, 5.74) is 1.54. The summed E-state index contributed by atoms with van der Waals surface area (Å²) in [6.45, 7) is 1.91. The van der Waals surface area contributed by atoms with E-state index in [0.717, 1.165) is 16.9 Å². The van der Waals surface area contributed by atoms with E-state index in [-0.39, 0.29) is 22.9 Å². The number of carbonyl (C=O) groups is 3. The molecule has 0 bridgehead atoms. The molecular formula is C21H19N3O5S. The van der Waals surface area contributed by atoms with Crippen molar-refractivity contribution in [2.24, 2.45) is 0 Å². The summed E-state index contributed by atoms with van der Waals surface area (Å²) in [4.78, 5) is 41.1. The molecule has 1 heterocycles. The molecule has 0 aliphatic rings. The number of hydrogen-bond acceptors (Lipinski definition) is 7. The molecule has 2 N–H and O–H groups in total. The summed E-state index contributed by atoms with van der Waals surface area (Å²) in [5, 5.41) is 6.02. The van der Waals surface area contributed by atoms with Crippen molar-refractivity contribution >= 4 is 39.4 Å². The van der Waals surface area contributed by atoms with Crippen LogP contribution in [0.15, 0.2) is 54.6 Å². The van der Waals surface area contributed by atoms with Gasteiger partial charge in [0.1, 0.15) is 10.7 Å². The third-order valence-corrected chi connectivity index (χ3v) is 4.85. The van der Waals surface area contributed by atoms with E-state index in [1.165, 1.54) is 19.2 Å². The van der Waals surface area contributed by atoms with Crippen LogP contribution in [0.2, 0.25) is 0 Å². The van der Waals surface area contributed by atoms with Gasteiger partial charge in [-0.05, 0) is 19.1 Å². The van der Waals surface area contributed by atoms with Crippen molar-refractivity contribution in [2.45, 2.75) is 6.92 Å². The number of anilines is 2. The molecule has 2 aromatic carbocycles. The zero-order chi connectivity index (χ0) is 21.5. The van der Waals surface area contributed by atoms with E-state index in [1.807, 2.05) is 30.3 Å². The number of carbonyl (C=O) groups excluding carboxylic acids is 3. The van der Waals surface area contributed by atoms with Gasteiger partial charge >= 0.3 is 12.1 Å². The molecule has 9 heteroatoms. The Morgan fingerprint density at radius 3 is 2.30 bits per heavy atom. The molecule has 3 rings (SSSR count). The van der Waals surface area contributed by atoms with Gasteiger partial charge in [0.15, 0.2) is 5.13 Å². The SMILES string of the molecule is CCOC(=O)Nc1nc(-c2ccccc2)c(NC(=O)c2ccccc2C(=O)OC)s1. The lowest BCUT2D eigenvalue weighted by Gasteiger charge is -2.08. The Labute approximate surface area is 176 Å². The molecule has 0 aliphatic carbocycles. The summed E-state index contributed by atoms with van der Waals surface area (Å²) < 4.78 is 9.63. The van der Waals surface area contributed by atoms with E-state index >= 15 is 0 Å². The highest BCUT2D eigenvalue weighted by Crippen LogP contribution is 2.36. The van der Waals surface area contributed by atoms with Crippen LogP contribution in [-0.4, -0.2) is 36.7 Å². The Kier molecular flexibility index (Phi) is 6.76. The zero-order valence-electron chi connectivity index (χ0n) is 16.3. The van der Waals surface area contributed by atoms with Crippen LogP contribution >= 0.6 is 11.3 Å². The van der Waals surface area contributed by atoms with Gasteiger partial charge in [-0.25, -0.2) is 14.6 Å². The lowest BCUT2D eigenvalue weighted by atomic mass is 10.1. The topological polar surface area (TPSA) is 107 Å². The minimum absolute atomic E-state index is 0.146. The minimum atomic E-state index is -0.639. The van der Waals surface area contributed by atoms with E-state index in [4.69, 9.17) is 9.47 Å². The summed E-state index contributed by atoms with van der Waals surface area (Å²) >= 11 is 1.08. The maximum atomic E-state index is 12.9. The van der Waals surface area contributed by atoms with Crippen LogP contribution in [0, 0.1) is 0 Å². The monoisotopic (exact) mass is 425 g/mol. The highest BCUT2D eigenvalue weighted by molar-refractivity contribution is 7.20. The number of esters is 1. The summed E-state index contributed by atoms with van der Waals surface area (Å²) in [6.07, 6.45) is -0.639. The highest BCUT2D eigenvalue weighted by Gasteiger charge is 2.21. The first-order valence-corrected chi connectivity index (χ1v) is 9.83. The molecule has 0 saturated carbocycles. The van der Waals surface area contributed by atoms with Crippen molar-refractivity contribution in [3.05, 3.63) is 65.7 Å². The second-order valence-electron chi connectivity index (χ2n) is 5.90. The number of hydrogen-bond donors (Lipinski definition) is 2. The molecule has 3 aromatic rings. The third kappa shape index (κ3) is 4.81. The predicted octanol–water partition coefficient (Wildman–Crippen LogP) is 4.42. The maximum Gasteiger partial charge on any atom is 0.413 e. The second kappa shape index (κ2) is 9.66. The molecule has 30 heavy (non-hydrogen) atoms. The number of amides is 2. The largest absolute Gasteiger partial charge is 0.465 e. The normalized spacial score (nSPS) is 10.2. The Balaban J connectivity index is 1.95. The maximum absolute atomic E-state index is 12.9. The molecule has 0 unspecified atom stereocenters. The van der Waals surface area contributed by atoms with Gasteiger partial charge in [0.2, 0.25) is 0 Å². The smallest absolute Gasteiger partial charge is 0.413 e. The summed E-state index contributed by atoms with van der Waals surface area (Å²) in [6, 6.07) is 15.5. The molecule has 0 saturated heterocycles. The van der Waals surface area contributed by atoms with Gasteiger partial charge < -0.3 is 14.8 Å². The lowest BCUT2D eigenvalue weighted by molar-refractivity contribution is 0.0597. The van der Waals surface area contributed by atoms with Crippen LogP contribution in [0.1, 0.15) is 27.6 Å². The number of aromatic nitrogens is 1. The van der Waals surface area contributed by atoms with Gasteiger partial charge in [-0.15, -0.1) is 0 Å². The van der Waals surface area contributed by atoms with Gasteiger partial charge in [0, 0.05) is 5.56 Å². The average molecular weight is 425 g/mol. The van der Waals surface area contributed by atoms with Crippen molar-refractivity contribution in [1.82, 2.24) is 4.98 Å². The summed E-state index contributed by atoms with van der Waals surface area (Å²) in [5.74, 6) is -1.11. The number of nitrogens with one attached hydrogen (secondary N) is 2. The second-order valence-corrected chi connectivity index (χ2v) is 6.90. The van der Waals surface area contributed by atoms with Gasteiger partial charge in [-0.3, -0.25) is 10.1 Å². The molecule has 0 spiro atoms. The molecule has 0 radical (unpaired) electrons. The number of rotatable bonds is 6. The standard InChI is InChI=1S/C21H19N3O5S/c1-3-29-21(27)24-20-22-16(13-9-5-4-6-10-13)18(30-20)23-17(25)14-11-7-8-12-15(14)19(26)28-2/h4-12H,3H2,1-2H3,(H,23,25)(H,22,24,27). The number of benzene rings is 2. The van der Waals surface area contributed by atoms with Crippen LogP contribution < -0.4 is 10.6 Å². The van der Waals surface area contributed by atoms with Crippen LogP contribution in [-0.2, 0) is 9.47 Å².